The number of nitrogens with zero attached hydrogens (tertiary/aromatic N) is 1. The molecule has 3 N–H and O–H groups in total. The van der Waals surface area contributed by atoms with Crippen LogP contribution in [-0.2, 0) is 14.8 Å². The average molecular weight is 511 g/mol. The Bertz CT molecular complexity index is 1370. The Labute approximate surface area is 211 Å². The minimum absolute atomic E-state index is 0.106. The van der Waals surface area contributed by atoms with Gasteiger partial charge in [-0.3, -0.25) is 14.3 Å². The molecule has 0 spiro atoms. The zero-order valence-electron chi connectivity index (χ0n) is 21.1. The van der Waals surface area contributed by atoms with Gasteiger partial charge in [0.25, 0.3) is 15.9 Å². The van der Waals surface area contributed by atoms with Crippen LogP contribution >= 0.6 is 0 Å². The van der Waals surface area contributed by atoms with E-state index in [9.17, 15) is 18.0 Å². The molecule has 1 heterocycles. The second kappa shape index (κ2) is 10.4. The zero-order valence-corrected chi connectivity index (χ0v) is 21.9. The van der Waals surface area contributed by atoms with Crippen molar-refractivity contribution in [2.45, 2.75) is 39.5 Å². The molecule has 36 heavy (non-hydrogen) atoms. The standard InChI is InChI=1S/C26H30N4O5S/c1-16-8-7-9-17(2)22(16)30-36(33,34)21-14-20(15-27-24(21)35-6)28-23(31)18-10-12-19(13-11-18)29-25(32)26(3,4)5/h7-15,30H,1-6H3,(H,28,31)(H,29,32). The maximum Gasteiger partial charge on any atom is 0.267 e. The molecule has 2 aromatic carbocycles. The molecule has 2 amide bonds. The van der Waals surface area contributed by atoms with E-state index < -0.39 is 21.3 Å². The molecule has 0 fully saturated rings. The molecule has 0 unspecified atom stereocenters. The van der Waals surface area contributed by atoms with Crippen LogP contribution in [0.25, 0.3) is 0 Å². The number of carbonyl (C=O) groups is 2. The van der Waals surface area contributed by atoms with Crippen molar-refractivity contribution in [3.63, 3.8) is 0 Å². The predicted molar refractivity (Wildman–Crippen MR) is 140 cm³/mol. The van der Waals surface area contributed by atoms with Crippen LogP contribution in [0.1, 0.15) is 42.3 Å². The van der Waals surface area contributed by atoms with Crippen molar-refractivity contribution >= 4 is 38.9 Å². The minimum Gasteiger partial charge on any atom is -0.480 e. The number of aromatic nitrogens is 1. The predicted octanol–water partition coefficient (Wildman–Crippen LogP) is 4.74. The summed E-state index contributed by atoms with van der Waals surface area (Å²) in [7, 11) is -2.76. The largest absolute Gasteiger partial charge is 0.480 e. The summed E-state index contributed by atoms with van der Waals surface area (Å²) in [5.74, 6) is -0.723. The summed E-state index contributed by atoms with van der Waals surface area (Å²) >= 11 is 0. The molecule has 1 aromatic heterocycles. The highest BCUT2D eigenvalue weighted by atomic mass is 32.2. The van der Waals surface area contributed by atoms with Crippen LogP contribution in [-0.4, -0.2) is 32.3 Å². The quantitative estimate of drug-likeness (QED) is 0.421. The molecule has 3 aromatic rings. The Hall–Kier alpha value is -3.92. The fourth-order valence-corrected chi connectivity index (χ4v) is 4.59. The lowest BCUT2D eigenvalue weighted by molar-refractivity contribution is -0.123. The molecule has 3 rings (SSSR count). The molecular formula is C26H30N4O5S. The number of rotatable bonds is 7. The lowest BCUT2D eigenvalue weighted by Crippen LogP contribution is -2.27. The van der Waals surface area contributed by atoms with Gasteiger partial charge < -0.3 is 15.4 Å². The van der Waals surface area contributed by atoms with E-state index in [2.05, 4.69) is 20.3 Å². The van der Waals surface area contributed by atoms with E-state index in [1.165, 1.54) is 19.4 Å². The van der Waals surface area contributed by atoms with Gasteiger partial charge in [-0.15, -0.1) is 0 Å². The van der Waals surface area contributed by atoms with Crippen molar-refractivity contribution < 1.29 is 22.7 Å². The summed E-state index contributed by atoms with van der Waals surface area (Å²) < 4.78 is 34.2. The molecule has 10 heteroatoms. The fraction of sp³-hybridized carbons (Fsp3) is 0.269. The first-order chi connectivity index (χ1) is 16.8. The van der Waals surface area contributed by atoms with Gasteiger partial charge in [-0.2, -0.15) is 0 Å². The van der Waals surface area contributed by atoms with E-state index in [0.29, 0.717) is 16.9 Å². The van der Waals surface area contributed by atoms with Gasteiger partial charge in [-0.1, -0.05) is 39.0 Å². The number of amides is 2. The van der Waals surface area contributed by atoms with E-state index in [-0.39, 0.29) is 22.4 Å². The summed E-state index contributed by atoms with van der Waals surface area (Å²) in [6.07, 6.45) is 1.31. The van der Waals surface area contributed by atoms with Crippen molar-refractivity contribution in [3.05, 3.63) is 71.4 Å². The van der Waals surface area contributed by atoms with Crippen LogP contribution in [0.2, 0.25) is 0 Å². The van der Waals surface area contributed by atoms with Crippen LogP contribution in [0.5, 0.6) is 5.88 Å². The zero-order chi connectivity index (χ0) is 26.7. The van der Waals surface area contributed by atoms with Gasteiger partial charge in [0.15, 0.2) is 4.90 Å². The van der Waals surface area contributed by atoms with Gasteiger partial charge in [0, 0.05) is 16.7 Å². The second-order valence-electron chi connectivity index (χ2n) is 9.34. The summed E-state index contributed by atoms with van der Waals surface area (Å²) in [6, 6.07) is 13.1. The molecule has 0 aliphatic heterocycles. The minimum atomic E-state index is -4.08. The van der Waals surface area contributed by atoms with Crippen molar-refractivity contribution in [2.24, 2.45) is 5.41 Å². The number of methoxy groups -OCH3 is 1. The smallest absolute Gasteiger partial charge is 0.267 e. The highest BCUT2D eigenvalue weighted by Gasteiger charge is 2.24. The average Bonchev–Trinajstić information content (AvgIpc) is 2.81. The summed E-state index contributed by atoms with van der Waals surface area (Å²) in [5, 5.41) is 5.45. The Morgan fingerprint density at radius 3 is 2.08 bits per heavy atom. The van der Waals surface area contributed by atoms with E-state index >= 15 is 0 Å². The number of benzene rings is 2. The molecule has 190 valence electrons. The number of carbonyl (C=O) groups excluding carboxylic acids is 2. The molecule has 0 bridgehead atoms. The Morgan fingerprint density at radius 2 is 1.53 bits per heavy atom. The van der Waals surface area contributed by atoms with Gasteiger partial charge in [-0.05, 0) is 55.3 Å². The first kappa shape index (κ1) is 26.7. The number of hydrogen-bond donors (Lipinski definition) is 3. The van der Waals surface area contributed by atoms with Gasteiger partial charge in [0.05, 0.1) is 24.7 Å². The third-order valence-corrected chi connectivity index (χ3v) is 6.71. The molecule has 0 saturated carbocycles. The first-order valence-electron chi connectivity index (χ1n) is 11.2. The van der Waals surface area contributed by atoms with E-state index in [4.69, 9.17) is 4.74 Å². The number of ether oxygens (including phenoxy) is 1. The summed E-state index contributed by atoms with van der Waals surface area (Å²) in [4.78, 5) is 28.8. The number of hydrogen-bond acceptors (Lipinski definition) is 6. The summed E-state index contributed by atoms with van der Waals surface area (Å²) in [5.41, 5.74) is 2.48. The van der Waals surface area contributed by atoms with Crippen LogP contribution in [0.15, 0.2) is 59.6 Å². The number of sulfonamides is 1. The number of aryl methyl sites for hydroxylation is 2. The fourth-order valence-electron chi connectivity index (χ4n) is 3.24. The monoisotopic (exact) mass is 510 g/mol. The Morgan fingerprint density at radius 1 is 0.917 bits per heavy atom. The number of anilines is 3. The molecule has 0 radical (unpaired) electrons. The highest BCUT2D eigenvalue weighted by molar-refractivity contribution is 7.92. The van der Waals surface area contributed by atoms with Crippen LogP contribution in [0.4, 0.5) is 17.1 Å². The van der Waals surface area contributed by atoms with Gasteiger partial charge in [0.2, 0.25) is 11.8 Å². The molecule has 0 saturated heterocycles. The summed E-state index contributed by atoms with van der Waals surface area (Å²) in [6.45, 7) is 9.02. The highest BCUT2D eigenvalue weighted by Crippen LogP contribution is 2.29. The van der Waals surface area contributed by atoms with Gasteiger partial charge in [-0.25, -0.2) is 13.4 Å². The molecule has 0 aliphatic carbocycles. The number of para-hydroxylation sites is 1. The van der Waals surface area contributed by atoms with Crippen LogP contribution in [0, 0.1) is 19.3 Å². The second-order valence-corrected chi connectivity index (χ2v) is 11.0. The van der Waals surface area contributed by atoms with E-state index in [0.717, 1.165) is 11.1 Å². The van der Waals surface area contributed by atoms with Crippen molar-refractivity contribution in [1.29, 1.82) is 0 Å². The third kappa shape index (κ3) is 6.19. The number of nitrogens with one attached hydrogen (secondary N) is 3. The van der Waals surface area contributed by atoms with Crippen LogP contribution in [0.3, 0.4) is 0 Å². The lowest BCUT2D eigenvalue weighted by Gasteiger charge is -2.17. The molecule has 9 nitrogen and oxygen atoms in total. The maximum absolute atomic E-state index is 13.2. The SMILES string of the molecule is COc1ncc(NC(=O)c2ccc(NC(=O)C(C)(C)C)cc2)cc1S(=O)(=O)Nc1c(C)cccc1C. The third-order valence-electron chi connectivity index (χ3n) is 5.36. The van der Waals surface area contributed by atoms with Gasteiger partial charge >= 0.3 is 0 Å². The normalized spacial score (nSPS) is 11.5. The van der Waals surface area contributed by atoms with E-state index in [1.807, 2.05) is 6.07 Å². The number of pyridine rings is 1. The Kier molecular flexibility index (Phi) is 7.68. The maximum atomic E-state index is 13.2. The topological polar surface area (TPSA) is 126 Å². The molecule has 0 atom stereocenters. The van der Waals surface area contributed by atoms with E-state index in [1.54, 1.807) is 71.0 Å². The van der Waals surface area contributed by atoms with Crippen molar-refractivity contribution in [1.82, 2.24) is 4.98 Å². The van der Waals surface area contributed by atoms with Gasteiger partial charge in [0.1, 0.15) is 0 Å². The van der Waals surface area contributed by atoms with Crippen molar-refractivity contribution in [3.8, 4) is 5.88 Å². The first-order valence-corrected chi connectivity index (χ1v) is 12.7. The molecule has 0 aliphatic rings. The molecular weight excluding hydrogens is 480 g/mol. The Balaban J connectivity index is 1.82. The van der Waals surface area contributed by atoms with Crippen molar-refractivity contribution in [2.75, 3.05) is 22.5 Å². The lowest BCUT2D eigenvalue weighted by atomic mass is 9.95. The van der Waals surface area contributed by atoms with Crippen LogP contribution < -0.4 is 20.1 Å².